The Morgan fingerprint density at radius 3 is 2.27 bits per heavy atom. The largest absolute Gasteiger partial charge is 0.398 e. The normalized spacial score (nSPS) is 12.1. The molecule has 0 aromatic heterocycles. The van der Waals surface area contributed by atoms with Gasteiger partial charge >= 0.3 is 0 Å². The van der Waals surface area contributed by atoms with Gasteiger partial charge in [-0.15, -0.1) is 0 Å². The molecule has 0 unspecified atom stereocenters. The average molecular weight is 206 g/mol. The van der Waals surface area contributed by atoms with Gasteiger partial charge in [0.1, 0.15) is 0 Å². The SMILES string of the molecule is CN(C)Cc1ccc(N)c(C(C)(C)C)c1. The number of nitrogens with two attached hydrogens (primary N) is 1. The summed E-state index contributed by atoms with van der Waals surface area (Å²) in [6.07, 6.45) is 0. The monoisotopic (exact) mass is 206 g/mol. The van der Waals surface area contributed by atoms with Gasteiger partial charge in [0.25, 0.3) is 0 Å². The lowest BCUT2D eigenvalue weighted by Gasteiger charge is -2.22. The number of nitrogen functional groups attached to an aromatic ring is 1. The van der Waals surface area contributed by atoms with Gasteiger partial charge in [-0.3, -0.25) is 0 Å². The van der Waals surface area contributed by atoms with E-state index in [-0.39, 0.29) is 5.41 Å². The van der Waals surface area contributed by atoms with Crippen LogP contribution in [0, 0.1) is 0 Å². The Bertz CT molecular complexity index is 335. The van der Waals surface area contributed by atoms with E-state index in [4.69, 9.17) is 5.73 Å². The van der Waals surface area contributed by atoms with Gasteiger partial charge in [-0.05, 0) is 36.7 Å². The maximum atomic E-state index is 5.99. The van der Waals surface area contributed by atoms with Crippen molar-refractivity contribution in [2.75, 3.05) is 19.8 Å². The number of hydrogen-bond acceptors (Lipinski definition) is 2. The minimum atomic E-state index is 0.117. The number of benzene rings is 1. The van der Waals surface area contributed by atoms with Gasteiger partial charge in [0, 0.05) is 12.2 Å². The van der Waals surface area contributed by atoms with Crippen molar-refractivity contribution in [2.24, 2.45) is 0 Å². The first-order valence-electron chi connectivity index (χ1n) is 5.34. The smallest absolute Gasteiger partial charge is 0.0352 e. The summed E-state index contributed by atoms with van der Waals surface area (Å²) in [6, 6.07) is 6.33. The molecule has 84 valence electrons. The van der Waals surface area contributed by atoms with Crippen molar-refractivity contribution in [2.45, 2.75) is 32.7 Å². The first-order valence-corrected chi connectivity index (χ1v) is 5.34. The summed E-state index contributed by atoms with van der Waals surface area (Å²) in [5.41, 5.74) is 9.56. The minimum absolute atomic E-state index is 0.117. The number of nitrogens with zero attached hydrogens (tertiary/aromatic N) is 1. The molecule has 0 fully saturated rings. The van der Waals surface area contributed by atoms with E-state index >= 15 is 0 Å². The maximum absolute atomic E-state index is 5.99. The summed E-state index contributed by atoms with van der Waals surface area (Å²) in [5, 5.41) is 0. The maximum Gasteiger partial charge on any atom is 0.0352 e. The van der Waals surface area contributed by atoms with Gasteiger partial charge in [0.2, 0.25) is 0 Å². The molecule has 15 heavy (non-hydrogen) atoms. The van der Waals surface area contributed by atoms with Crippen LogP contribution in [-0.4, -0.2) is 19.0 Å². The molecule has 0 spiro atoms. The highest BCUT2D eigenvalue weighted by atomic mass is 15.0. The lowest BCUT2D eigenvalue weighted by atomic mass is 9.85. The van der Waals surface area contributed by atoms with Crippen LogP contribution in [0.25, 0.3) is 0 Å². The van der Waals surface area contributed by atoms with Crippen LogP contribution in [0.3, 0.4) is 0 Å². The van der Waals surface area contributed by atoms with Crippen molar-refractivity contribution in [3.8, 4) is 0 Å². The summed E-state index contributed by atoms with van der Waals surface area (Å²) in [6.45, 7) is 7.54. The van der Waals surface area contributed by atoms with Crippen molar-refractivity contribution in [3.63, 3.8) is 0 Å². The van der Waals surface area contributed by atoms with E-state index in [0.717, 1.165) is 12.2 Å². The molecule has 0 bridgehead atoms. The highest BCUT2D eigenvalue weighted by molar-refractivity contribution is 5.51. The van der Waals surface area contributed by atoms with Gasteiger partial charge in [0.05, 0.1) is 0 Å². The number of hydrogen-bond donors (Lipinski definition) is 1. The van der Waals surface area contributed by atoms with Crippen molar-refractivity contribution in [3.05, 3.63) is 29.3 Å². The molecule has 0 aliphatic rings. The minimum Gasteiger partial charge on any atom is -0.398 e. The molecule has 1 rings (SSSR count). The second kappa shape index (κ2) is 4.23. The number of anilines is 1. The molecule has 0 atom stereocenters. The third kappa shape index (κ3) is 3.24. The van der Waals surface area contributed by atoms with E-state index < -0.39 is 0 Å². The molecule has 2 nitrogen and oxygen atoms in total. The summed E-state index contributed by atoms with van der Waals surface area (Å²) in [5.74, 6) is 0. The van der Waals surface area contributed by atoms with Crippen LogP contribution >= 0.6 is 0 Å². The Balaban J connectivity index is 3.06. The molecule has 0 aliphatic heterocycles. The Morgan fingerprint density at radius 1 is 1.20 bits per heavy atom. The van der Waals surface area contributed by atoms with Crippen LogP contribution in [0.5, 0.6) is 0 Å². The third-order valence-corrected chi connectivity index (χ3v) is 2.42. The Morgan fingerprint density at radius 2 is 1.80 bits per heavy atom. The van der Waals surface area contributed by atoms with E-state index in [1.54, 1.807) is 0 Å². The summed E-state index contributed by atoms with van der Waals surface area (Å²) < 4.78 is 0. The average Bonchev–Trinajstić information content (AvgIpc) is 2.05. The van der Waals surface area contributed by atoms with Gasteiger partial charge in [-0.2, -0.15) is 0 Å². The molecule has 0 saturated heterocycles. The number of rotatable bonds is 2. The topological polar surface area (TPSA) is 29.3 Å². The predicted octanol–water partition coefficient (Wildman–Crippen LogP) is 2.63. The second-order valence-electron chi connectivity index (χ2n) is 5.41. The van der Waals surface area contributed by atoms with Gasteiger partial charge in [-0.25, -0.2) is 0 Å². The molecule has 0 amide bonds. The molecule has 0 heterocycles. The fraction of sp³-hybridized carbons (Fsp3) is 0.538. The lowest BCUT2D eigenvalue weighted by molar-refractivity contribution is 0.402. The summed E-state index contributed by atoms with van der Waals surface area (Å²) in [7, 11) is 4.15. The van der Waals surface area contributed by atoms with Crippen molar-refractivity contribution in [1.29, 1.82) is 0 Å². The quantitative estimate of drug-likeness (QED) is 0.754. The van der Waals surface area contributed by atoms with Gasteiger partial charge in [0.15, 0.2) is 0 Å². The van der Waals surface area contributed by atoms with E-state index in [2.05, 4.69) is 51.9 Å². The molecule has 2 heteroatoms. The predicted molar refractivity (Wildman–Crippen MR) is 66.9 cm³/mol. The lowest BCUT2D eigenvalue weighted by Crippen LogP contribution is -2.16. The van der Waals surface area contributed by atoms with Crippen LogP contribution in [0.1, 0.15) is 31.9 Å². The Hall–Kier alpha value is -1.02. The highest BCUT2D eigenvalue weighted by Gasteiger charge is 2.17. The van der Waals surface area contributed by atoms with E-state index in [1.165, 1.54) is 11.1 Å². The van der Waals surface area contributed by atoms with Crippen LogP contribution in [-0.2, 0) is 12.0 Å². The third-order valence-electron chi connectivity index (χ3n) is 2.42. The first kappa shape index (κ1) is 12.1. The van der Waals surface area contributed by atoms with Crippen LogP contribution < -0.4 is 5.73 Å². The Labute approximate surface area is 93.1 Å². The molecule has 2 N–H and O–H groups in total. The molecule has 0 saturated carbocycles. The van der Waals surface area contributed by atoms with Crippen molar-refractivity contribution in [1.82, 2.24) is 4.90 Å². The van der Waals surface area contributed by atoms with E-state index in [1.807, 2.05) is 6.07 Å². The van der Waals surface area contributed by atoms with E-state index in [9.17, 15) is 0 Å². The van der Waals surface area contributed by atoms with Gasteiger partial charge in [-0.1, -0.05) is 32.9 Å². The second-order valence-corrected chi connectivity index (χ2v) is 5.41. The van der Waals surface area contributed by atoms with Crippen LogP contribution in [0.4, 0.5) is 5.69 Å². The molecule has 1 aromatic rings. The molecular formula is C13H22N2. The van der Waals surface area contributed by atoms with Crippen LogP contribution in [0.15, 0.2) is 18.2 Å². The summed E-state index contributed by atoms with van der Waals surface area (Å²) in [4.78, 5) is 2.16. The highest BCUT2D eigenvalue weighted by Crippen LogP contribution is 2.28. The molecular weight excluding hydrogens is 184 g/mol. The molecule has 0 radical (unpaired) electrons. The zero-order valence-electron chi connectivity index (χ0n) is 10.5. The van der Waals surface area contributed by atoms with Crippen molar-refractivity contribution < 1.29 is 0 Å². The molecule has 0 aliphatic carbocycles. The van der Waals surface area contributed by atoms with Gasteiger partial charge < -0.3 is 10.6 Å². The molecule has 1 aromatic carbocycles. The van der Waals surface area contributed by atoms with Crippen LogP contribution in [0.2, 0.25) is 0 Å². The Kier molecular flexibility index (Phi) is 3.40. The standard InChI is InChI=1S/C13H22N2/c1-13(2,3)11-8-10(9-15(4)5)6-7-12(11)14/h6-8H,9,14H2,1-5H3. The first-order chi connectivity index (χ1) is 6.80. The zero-order valence-corrected chi connectivity index (χ0v) is 10.5. The van der Waals surface area contributed by atoms with E-state index in [0.29, 0.717) is 0 Å². The fourth-order valence-electron chi connectivity index (χ4n) is 1.72. The zero-order chi connectivity index (χ0) is 11.6. The van der Waals surface area contributed by atoms with Crippen molar-refractivity contribution >= 4 is 5.69 Å². The summed E-state index contributed by atoms with van der Waals surface area (Å²) >= 11 is 0. The fourth-order valence-corrected chi connectivity index (χ4v) is 1.72.